The van der Waals surface area contributed by atoms with E-state index in [1.165, 1.54) is 16.7 Å². The maximum atomic E-state index is 12.7. The maximum Gasteiger partial charge on any atom is 0.193 e. The Hall–Kier alpha value is -1.93. The lowest BCUT2D eigenvalue weighted by atomic mass is 9.95. The molecule has 0 aromatic heterocycles. The number of hydrogen-bond donors (Lipinski definition) is 0. The van der Waals surface area contributed by atoms with E-state index in [0.29, 0.717) is 13.2 Å². The Labute approximate surface area is 125 Å². The van der Waals surface area contributed by atoms with E-state index in [4.69, 9.17) is 4.74 Å². The number of ketones is 1. The summed E-state index contributed by atoms with van der Waals surface area (Å²) in [7, 11) is 0. The molecule has 0 radical (unpaired) electrons. The fourth-order valence-corrected chi connectivity index (χ4v) is 2.92. The second-order valence-electron chi connectivity index (χ2n) is 5.50. The first kappa shape index (κ1) is 14.0. The molecule has 3 rings (SSSR count). The molecule has 1 aliphatic heterocycles. The van der Waals surface area contributed by atoms with Crippen molar-refractivity contribution in [2.45, 2.75) is 39.9 Å². The number of carbonyl (C=O) groups excluding carboxylic acids is 1. The van der Waals surface area contributed by atoms with Gasteiger partial charge in [0.25, 0.3) is 0 Å². The molecule has 0 saturated heterocycles. The molecular formula is C19H20O2. The minimum atomic E-state index is 0.0991. The van der Waals surface area contributed by atoms with Crippen molar-refractivity contribution in [2.24, 2.45) is 0 Å². The van der Waals surface area contributed by atoms with Crippen LogP contribution >= 0.6 is 0 Å². The Morgan fingerprint density at radius 2 is 1.57 bits per heavy atom. The molecule has 108 valence electrons. The summed E-state index contributed by atoms with van der Waals surface area (Å²) in [5.74, 6) is 0.0991. The minimum absolute atomic E-state index is 0.0991. The Morgan fingerprint density at radius 3 is 2.33 bits per heavy atom. The molecule has 0 bridgehead atoms. The van der Waals surface area contributed by atoms with Crippen molar-refractivity contribution in [3.05, 3.63) is 69.8 Å². The second-order valence-corrected chi connectivity index (χ2v) is 5.50. The third-order valence-electron chi connectivity index (χ3n) is 4.21. The smallest absolute Gasteiger partial charge is 0.193 e. The molecule has 0 unspecified atom stereocenters. The van der Waals surface area contributed by atoms with Crippen LogP contribution in [0.2, 0.25) is 0 Å². The minimum Gasteiger partial charge on any atom is -0.372 e. The highest BCUT2D eigenvalue weighted by Gasteiger charge is 2.16. The Bertz CT molecular complexity index is 686. The summed E-state index contributed by atoms with van der Waals surface area (Å²) in [6, 6.07) is 12.0. The summed E-state index contributed by atoms with van der Waals surface area (Å²) in [5.41, 5.74) is 6.47. The molecule has 2 aromatic rings. The zero-order valence-corrected chi connectivity index (χ0v) is 12.6. The zero-order valence-electron chi connectivity index (χ0n) is 12.6. The first-order valence-corrected chi connectivity index (χ1v) is 7.59. The van der Waals surface area contributed by atoms with E-state index < -0.39 is 0 Å². The van der Waals surface area contributed by atoms with Crippen LogP contribution in [0.3, 0.4) is 0 Å². The molecule has 0 fully saturated rings. The van der Waals surface area contributed by atoms with Gasteiger partial charge in [0.05, 0.1) is 13.2 Å². The van der Waals surface area contributed by atoms with Crippen molar-refractivity contribution in [1.82, 2.24) is 0 Å². The van der Waals surface area contributed by atoms with Gasteiger partial charge in [0.15, 0.2) is 5.78 Å². The Balaban J connectivity index is 1.95. The zero-order chi connectivity index (χ0) is 14.8. The third-order valence-corrected chi connectivity index (χ3v) is 4.21. The lowest BCUT2D eigenvalue weighted by molar-refractivity contribution is 0.103. The van der Waals surface area contributed by atoms with Gasteiger partial charge in [0.1, 0.15) is 0 Å². The van der Waals surface area contributed by atoms with Gasteiger partial charge in [-0.25, -0.2) is 0 Å². The van der Waals surface area contributed by atoms with Crippen molar-refractivity contribution >= 4 is 5.78 Å². The molecule has 1 heterocycles. The van der Waals surface area contributed by atoms with Gasteiger partial charge in [-0.2, -0.15) is 0 Å². The highest BCUT2D eigenvalue weighted by Crippen LogP contribution is 2.23. The quantitative estimate of drug-likeness (QED) is 0.789. The second kappa shape index (κ2) is 5.82. The molecule has 0 N–H and O–H groups in total. The van der Waals surface area contributed by atoms with E-state index in [1.807, 2.05) is 30.3 Å². The van der Waals surface area contributed by atoms with Crippen LogP contribution < -0.4 is 0 Å². The monoisotopic (exact) mass is 280 g/mol. The number of ether oxygens (including phenoxy) is 1. The summed E-state index contributed by atoms with van der Waals surface area (Å²) in [6.45, 7) is 5.56. The van der Waals surface area contributed by atoms with E-state index in [-0.39, 0.29) is 5.78 Å². The number of carbonyl (C=O) groups is 1. The van der Waals surface area contributed by atoms with Crippen molar-refractivity contribution < 1.29 is 9.53 Å². The van der Waals surface area contributed by atoms with Crippen LogP contribution in [-0.2, 0) is 30.8 Å². The topological polar surface area (TPSA) is 26.3 Å². The largest absolute Gasteiger partial charge is 0.372 e. The molecule has 0 spiro atoms. The molecule has 2 heteroatoms. The number of aryl methyl sites for hydroxylation is 2. The Morgan fingerprint density at radius 1 is 0.905 bits per heavy atom. The van der Waals surface area contributed by atoms with Gasteiger partial charge in [0, 0.05) is 11.1 Å². The van der Waals surface area contributed by atoms with Gasteiger partial charge >= 0.3 is 0 Å². The third kappa shape index (κ3) is 2.64. The summed E-state index contributed by atoms with van der Waals surface area (Å²) in [5, 5.41) is 0. The summed E-state index contributed by atoms with van der Waals surface area (Å²) in [6.07, 6.45) is 1.97. The highest BCUT2D eigenvalue weighted by atomic mass is 16.5. The van der Waals surface area contributed by atoms with Crippen molar-refractivity contribution in [3.8, 4) is 0 Å². The van der Waals surface area contributed by atoms with Gasteiger partial charge in [-0.05, 0) is 47.2 Å². The van der Waals surface area contributed by atoms with Crippen LogP contribution in [0.1, 0.15) is 52.0 Å². The molecule has 1 aliphatic rings. The van der Waals surface area contributed by atoms with Gasteiger partial charge in [-0.1, -0.05) is 38.1 Å². The predicted molar refractivity (Wildman–Crippen MR) is 83.6 cm³/mol. The van der Waals surface area contributed by atoms with Gasteiger partial charge in [-0.15, -0.1) is 0 Å². The average molecular weight is 280 g/mol. The van der Waals surface area contributed by atoms with Crippen molar-refractivity contribution in [2.75, 3.05) is 0 Å². The van der Waals surface area contributed by atoms with Crippen LogP contribution in [0.4, 0.5) is 0 Å². The first-order valence-electron chi connectivity index (χ1n) is 7.59. The fraction of sp³-hybridized carbons (Fsp3) is 0.316. The van der Waals surface area contributed by atoms with E-state index in [2.05, 4.69) is 19.9 Å². The number of hydrogen-bond acceptors (Lipinski definition) is 2. The molecule has 0 aliphatic carbocycles. The highest BCUT2D eigenvalue weighted by molar-refractivity contribution is 6.09. The van der Waals surface area contributed by atoms with Crippen molar-refractivity contribution in [1.29, 1.82) is 0 Å². The molecule has 2 aromatic carbocycles. The van der Waals surface area contributed by atoms with E-state index in [0.717, 1.165) is 29.5 Å². The van der Waals surface area contributed by atoms with Gasteiger partial charge in [0.2, 0.25) is 0 Å². The van der Waals surface area contributed by atoms with E-state index in [1.54, 1.807) is 0 Å². The van der Waals surface area contributed by atoms with E-state index >= 15 is 0 Å². The molecule has 21 heavy (non-hydrogen) atoms. The number of fused-ring (bicyclic) bond motifs is 1. The van der Waals surface area contributed by atoms with Crippen LogP contribution in [0.5, 0.6) is 0 Å². The molecular weight excluding hydrogens is 260 g/mol. The maximum absolute atomic E-state index is 12.7. The molecule has 2 nitrogen and oxygen atoms in total. The van der Waals surface area contributed by atoms with Crippen molar-refractivity contribution in [3.63, 3.8) is 0 Å². The summed E-state index contributed by atoms with van der Waals surface area (Å²) in [4.78, 5) is 12.7. The molecule has 0 atom stereocenters. The fourth-order valence-electron chi connectivity index (χ4n) is 2.92. The van der Waals surface area contributed by atoms with Crippen LogP contribution in [0.25, 0.3) is 0 Å². The van der Waals surface area contributed by atoms with Gasteiger partial charge < -0.3 is 4.74 Å². The molecule has 0 saturated carbocycles. The van der Waals surface area contributed by atoms with Crippen LogP contribution in [-0.4, -0.2) is 5.78 Å². The van der Waals surface area contributed by atoms with E-state index in [9.17, 15) is 4.79 Å². The normalized spacial score (nSPS) is 13.2. The molecule has 0 amide bonds. The van der Waals surface area contributed by atoms with Gasteiger partial charge in [-0.3, -0.25) is 4.79 Å². The predicted octanol–water partition coefficient (Wildman–Crippen LogP) is 4.07. The number of benzene rings is 2. The lowest BCUT2D eigenvalue weighted by Crippen LogP contribution is -2.04. The van der Waals surface area contributed by atoms with Crippen LogP contribution in [0, 0.1) is 0 Å². The first-order chi connectivity index (χ1) is 10.2. The standard InChI is InChI=1S/C19H20O2/c1-3-13-5-6-15(9-14(13)4-2)19(20)16-7-8-17-11-21-12-18(17)10-16/h5-10H,3-4,11-12H2,1-2H3. The summed E-state index contributed by atoms with van der Waals surface area (Å²) >= 11 is 0. The Kier molecular flexibility index (Phi) is 3.89. The average Bonchev–Trinajstić information content (AvgIpc) is 3.00. The van der Waals surface area contributed by atoms with Crippen LogP contribution in [0.15, 0.2) is 36.4 Å². The SMILES string of the molecule is CCc1ccc(C(=O)c2ccc3c(c2)COC3)cc1CC. The summed E-state index contributed by atoms with van der Waals surface area (Å²) < 4.78 is 5.41. The lowest BCUT2D eigenvalue weighted by Gasteiger charge is -2.09. The number of rotatable bonds is 4.